The van der Waals surface area contributed by atoms with Crippen LogP contribution in [-0.2, 0) is 9.53 Å². The molecule has 21 heavy (non-hydrogen) atoms. The topological polar surface area (TPSA) is 67.4 Å². The van der Waals surface area contributed by atoms with E-state index in [1.165, 1.54) is 0 Å². The summed E-state index contributed by atoms with van der Waals surface area (Å²) >= 11 is 9.15. The molecule has 1 rings (SSSR count). The normalized spacial score (nSPS) is 11.9. The smallest absolute Gasteiger partial charge is 0.407 e. The number of nitrogens with one attached hydrogen (secondary N) is 2. The molecule has 0 bridgehead atoms. The van der Waals surface area contributed by atoms with E-state index in [1.807, 2.05) is 13.8 Å². The number of ether oxygens (including phenoxy) is 1. The van der Waals surface area contributed by atoms with Crippen LogP contribution in [0.2, 0.25) is 5.02 Å². The van der Waals surface area contributed by atoms with E-state index in [0.717, 1.165) is 0 Å². The van der Waals surface area contributed by atoms with Crippen molar-refractivity contribution in [3.8, 4) is 0 Å². The van der Waals surface area contributed by atoms with E-state index in [1.54, 1.807) is 25.1 Å². The highest BCUT2D eigenvalue weighted by Crippen LogP contribution is 2.25. The van der Waals surface area contributed by atoms with Crippen LogP contribution in [0.5, 0.6) is 0 Å². The Labute approximate surface area is 137 Å². The minimum absolute atomic E-state index is 0.242. The zero-order chi connectivity index (χ0) is 16.0. The summed E-state index contributed by atoms with van der Waals surface area (Å²) in [4.78, 5) is 23.4. The number of hydrogen-bond acceptors (Lipinski definition) is 3. The maximum absolute atomic E-state index is 12.0. The van der Waals surface area contributed by atoms with Gasteiger partial charge in [-0.1, -0.05) is 25.4 Å². The lowest BCUT2D eigenvalue weighted by molar-refractivity contribution is -0.117. The van der Waals surface area contributed by atoms with Gasteiger partial charge in [0.1, 0.15) is 6.04 Å². The molecule has 1 aromatic rings. The molecule has 116 valence electrons. The molecular weight excluding hydrogens is 360 g/mol. The van der Waals surface area contributed by atoms with Crippen molar-refractivity contribution in [2.45, 2.75) is 26.8 Å². The molecule has 0 aliphatic carbocycles. The first-order valence-electron chi connectivity index (χ1n) is 6.48. The second-order valence-electron chi connectivity index (χ2n) is 4.98. The average Bonchev–Trinajstić information content (AvgIpc) is 2.40. The number of anilines is 1. The Kier molecular flexibility index (Phi) is 6.98. The number of rotatable bonds is 5. The molecule has 0 fully saturated rings. The summed E-state index contributed by atoms with van der Waals surface area (Å²) in [5.74, 6) is -0.1000. The SMILES string of the molecule is CC(C)COC(=O)N[C@@H](C)C(=O)Nc1ccc(Cl)c(Br)c1. The number of carbonyl (C=O) groups excluding carboxylic acids is 2. The Balaban J connectivity index is 2.50. The van der Waals surface area contributed by atoms with Gasteiger partial charge < -0.3 is 15.4 Å². The van der Waals surface area contributed by atoms with E-state index in [9.17, 15) is 9.59 Å². The standard InChI is InChI=1S/C14H18BrClN2O3/c1-8(2)7-21-14(20)17-9(3)13(19)18-10-4-5-12(16)11(15)6-10/h4-6,8-9H,7H2,1-3H3,(H,17,20)(H,18,19)/t9-/m0/s1. The fourth-order valence-corrected chi connectivity index (χ4v) is 1.85. The van der Waals surface area contributed by atoms with E-state index < -0.39 is 12.1 Å². The van der Waals surface area contributed by atoms with Crippen molar-refractivity contribution in [3.05, 3.63) is 27.7 Å². The van der Waals surface area contributed by atoms with Crippen molar-refractivity contribution in [2.24, 2.45) is 5.92 Å². The van der Waals surface area contributed by atoms with Gasteiger partial charge in [0, 0.05) is 10.2 Å². The first-order chi connectivity index (χ1) is 9.79. The van der Waals surface area contributed by atoms with Crippen LogP contribution in [0.25, 0.3) is 0 Å². The van der Waals surface area contributed by atoms with Gasteiger partial charge in [-0.05, 0) is 47.0 Å². The molecule has 0 spiro atoms. The quantitative estimate of drug-likeness (QED) is 0.820. The fraction of sp³-hybridized carbons (Fsp3) is 0.429. The van der Waals surface area contributed by atoms with E-state index in [2.05, 4.69) is 26.6 Å². The molecule has 7 heteroatoms. The summed E-state index contributed by atoms with van der Waals surface area (Å²) in [5, 5.41) is 5.70. The maximum Gasteiger partial charge on any atom is 0.407 e. The molecular formula is C14H18BrClN2O3. The molecule has 1 atom stereocenters. The van der Waals surface area contributed by atoms with E-state index in [0.29, 0.717) is 21.8 Å². The second kappa shape index (κ2) is 8.24. The lowest BCUT2D eigenvalue weighted by Gasteiger charge is -2.15. The molecule has 2 N–H and O–H groups in total. The lowest BCUT2D eigenvalue weighted by Crippen LogP contribution is -2.42. The van der Waals surface area contributed by atoms with Gasteiger partial charge in [-0.15, -0.1) is 0 Å². The van der Waals surface area contributed by atoms with Gasteiger partial charge in [0.05, 0.1) is 11.6 Å². The van der Waals surface area contributed by atoms with Gasteiger partial charge >= 0.3 is 6.09 Å². The Morgan fingerprint density at radius 2 is 2.00 bits per heavy atom. The molecule has 0 aliphatic heterocycles. The lowest BCUT2D eigenvalue weighted by atomic mass is 10.2. The number of hydrogen-bond donors (Lipinski definition) is 2. The van der Waals surface area contributed by atoms with Gasteiger partial charge in [0.2, 0.25) is 5.91 Å². The zero-order valence-corrected chi connectivity index (χ0v) is 14.4. The number of halogens is 2. The molecule has 2 amide bonds. The van der Waals surface area contributed by atoms with Crippen molar-refractivity contribution in [1.29, 1.82) is 0 Å². The van der Waals surface area contributed by atoms with Crippen LogP contribution in [0.4, 0.5) is 10.5 Å². The van der Waals surface area contributed by atoms with Gasteiger partial charge in [-0.2, -0.15) is 0 Å². The van der Waals surface area contributed by atoms with Gasteiger partial charge in [0.15, 0.2) is 0 Å². The Hall–Kier alpha value is -1.27. The van der Waals surface area contributed by atoms with Crippen LogP contribution in [0.3, 0.4) is 0 Å². The van der Waals surface area contributed by atoms with Crippen molar-refractivity contribution in [3.63, 3.8) is 0 Å². The second-order valence-corrected chi connectivity index (χ2v) is 6.24. The number of alkyl carbamates (subject to hydrolysis) is 1. The molecule has 0 aromatic heterocycles. The van der Waals surface area contributed by atoms with Crippen LogP contribution in [0, 0.1) is 5.92 Å². The Morgan fingerprint density at radius 3 is 2.57 bits per heavy atom. The number of amides is 2. The van der Waals surface area contributed by atoms with E-state index >= 15 is 0 Å². The van der Waals surface area contributed by atoms with E-state index in [4.69, 9.17) is 16.3 Å². The van der Waals surface area contributed by atoms with Gasteiger partial charge in [-0.3, -0.25) is 4.79 Å². The van der Waals surface area contributed by atoms with Crippen LogP contribution >= 0.6 is 27.5 Å². The van der Waals surface area contributed by atoms with Crippen LogP contribution < -0.4 is 10.6 Å². The average molecular weight is 378 g/mol. The molecule has 0 radical (unpaired) electrons. The van der Waals surface area contributed by atoms with Crippen LogP contribution in [0.15, 0.2) is 22.7 Å². The Morgan fingerprint density at radius 1 is 1.33 bits per heavy atom. The van der Waals surface area contributed by atoms with Crippen molar-refractivity contribution < 1.29 is 14.3 Å². The maximum atomic E-state index is 12.0. The summed E-state index contributed by atoms with van der Waals surface area (Å²) in [6, 6.07) is 4.31. The number of carbonyl (C=O) groups is 2. The van der Waals surface area contributed by atoms with Crippen LogP contribution in [-0.4, -0.2) is 24.6 Å². The zero-order valence-electron chi connectivity index (χ0n) is 12.1. The molecule has 0 unspecified atom stereocenters. The number of benzene rings is 1. The predicted molar refractivity (Wildman–Crippen MR) is 86.6 cm³/mol. The highest BCUT2D eigenvalue weighted by molar-refractivity contribution is 9.10. The molecule has 5 nitrogen and oxygen atoms in total. The largest absolute Gasteiger partial charge is 0.449 e. The Bertz CT molecular complexity index is 523. The molecule has 0 aliphatic rings. The van der Waals surface area contributed by atoms with Crippen molar-refractivity contribution in [2.75, 3.05) is 11.9 Å². The molecule has 1 aromatic carbocycles. The fourth-order valence-electron chi connectivity index (χ4n) is 1.35. The minimum atomic E-state index is -0.709. The van der Waals surface area contributed by atoms with Crippen molar-refractivity contribution in [1.82, 2.24) is 5.32 Å². The first kappa shape index (κ1) is 17.8. The summed E-state index contributed by atoms with van der Waals surface area (Å²) < 4.78 is 5.63. The predicted octanol–water partition coefficient (Wildman–Crippen LogP) is 3.81. The molecule has 0 saturated carbocycles. The molecule has 0 saturated heterocycles. The third kappa shape index (κ3) is 6.35. The van der Waals surface area contributed by atoms with E-state index in [-0.39, 0.29) is 11.8 Å². The van der Waals surface area contributed by atoms with Crippen LogP contribution in [0.1, 0.15) is 20.8 Å². The highest BCUT2D eigenvalue weighted by Gasteiger charge is 2.17. The summed E-state index contributed by atoms with van der Waals surface area (Å²) in [7, 11) is 0. The van der Waals surface area contributed by atoms with Crippen molar-refractivity contribution >= 4 is 45.2 Å². The summed E-state index contributed by atoms with van der Waals surface area (Å²) in [6.07, 6.45) is -0.608. The monoisotopic (exact) mass is 376 g/mol. The summed E-state index contributed by atoms with van der Waals surface area (Å²) in [6.45, 7) is 5.75. The summed E-state index contributed by atoms with van der Waals surface area (Å²) in [5.41, 5.74) is 0.584. The third-order valence-electron chi connectivity index (χ3n) is 2.46. The minimum Gasteiger partial charge on any atom is -0.449 e. The third-order valence-corrected chi connectivity index (χ3v) is 3.68. The van der Waals surface area contributed by atoms with Gasteiger partial charge in [0.25, 0.3) is 0 Å². The van der Waals surface area contributed by atoms with Gasteiger partial charge in [-0.25, -0.2) is 4.79 Å². The molecule has 0 heterocycles. The first-order valence-corrected chi connectivity index (χ1v) is 7.66. The highest BCUT2D eigenvalue weighted by atomic mass is 79.9.